The molecule has 0 aromatic carbocycles. The van der Waals surface area contributed by atoms with Gasteiger partial charge in [-0.3, -0.25) is 0 Å². The van der Waals surface area contributed by atoms with Gasteiger partial charge in [0.25, 0.3) is 0 Å². The molecule has 2 heterocycles. The fraction of sp³-hybridized carbons (Fsp3) is 1.00. The van der Waals surface area contributed by atoms with Crippen molar-refractivity contribution in [2.75, 3.05) is 19.8 Å². The van der Waals surface area contributed by atoms with Crippen molar-refractivity contribution >= 4 is 16.6 Å². The summed E-state index contributed by atoms with van der Waals surface area (Å²) >= 11 is 0. The molecule has 76 valence electrons. The van der Waals surface area contributed by atoms with Gasteiger partial charge in [0, 0.05) is 23.2 Å². The van der Waals surface area contributed by atoms with Crippen LogP contribution in [0.3, 0.4) is 0 Å². The van der Waals surface area contributed by atoms with E-state index < -0.39 is 7.59 Å². The van der Waals surface area contributed by atoms with Crippen molar-refractivity contribution in [1.82, 2.24) is 0 Å². The van der Waals surface area contributed by atoms with E-state index in [9.17, 15) is 0 Å². The molecule has 2 rings (SSSR count). The molecule has 0 spiro atoms. The van der Waals surface area contributed by atoms with Crippen LogP contribution in [-0.4, -0.2) is 42.6 Å². The molecule has 0 aliphatic carbocycles. The Balaban J connectivity index is 1.43. The normalized spacial score (nSPS) is 39.0. The van der Waals surface area contributed by atoms with Gasteiger partial charge >= 0.3 is 0 Å². The van der Waals surface area contributed by atoms with E-state index in [1.165, 1.54) is 6.42 Å². The van der Waals surface area contributed by atoms with Crippen molar-refractivity contribution in [3.63, 3.8) is 0 Å². The van der Waals surface area contributed by atoms with Gasteiger partial charge in [-0.05, 0) is 6.42 Å². The molecule has 2 aliphatic heterocycles. The van der Waals surface area contributed by atoms with Crippen LogP contribution in [0.25, 0.3) is 0 Å². The van der Waals surface area contributed by atoms with Gasteiger partial charge in [-0.2, -0.15) is 0 Å². The first kappa shape index (κ1) is 9.89. The predicted molar refractivity (Wildman–Crippen MR) is 59.8 cm³/mol. The van der Waals surface area contributed by atoms with Gasteiger partial charge < -0.3 is 9.47 Å². The Morgan fingerprint density at radius 3 is 2.92 bits per heavy atom. The molecule has 2 fully saturated rings. The van der Waals surface area contributed by atoms with Gasteiger partial charge in [-0.1, -0.05) is 24.7 Å². The Kier molecular flexibility index (Phi) is 3.24. The van der Waals surface area contributed by atoms with Gasteiger partial charge in [0.2, 0.25) is 0 Å². The maximum absolute atomic E-state index is 5.53. The summed E-state index contributed by atoms with van der Waals surface area (Å²) in [6, 6.07) is 4.81. The van der Waals surface area contributed by atoms with Crippen LogP contribution >= 0.6 is 0 Å². The Labute approximate surface area is 83.6 Å². The summed E-state index contributed by atoms with van der Waals surface area (Å²) in [5.41, 5.74) is 0. The van der Waals surface area contributed by atoms with E-state index >= 15 is 0 Å². The molecule has 0 amide bonds. The molecule has 0 aromatic rings. The van der Waals surface area contributed by atoms with Gasteiger partial charge in [0.15, 0.2) is 0 Å². The molecule has 0 aromatic heterocycles. The molecule has 2 saturated heterocycles. The third-order valence-corrected chi connectivity index (χ3v) is 15.9. The smallest absolute Gasteiger partial charge is 0.104 e. The fourth-order valence-electron chi connectivity index (χ4n) is 2.01. The zero-order valence-electron chi connectivity index (χ0n) is 8.55. The van der Waals surface area contributed by atoms with Gasteiger partial charge in [0.1, 0.15) is 6.10 Å². The number of hydrogen-bond donors (Lipinski definition) is 0. The molecule has 0 radical (unpaired) electrons. The number of ether oxygens (including phenoxy) is 2. The molecule has 0 bridgehead atoms. The molecule has 4 heteroatoms. The number of epoxide rings is 1. The van der Waals surface area contributed by atoms with Crippen molar-refractivity contribution in [2.24, 2.45) is 0 Å². The second-order valence-corrected chi connectivity index (χ2v) is 17.2. The van der Waals surface area contributed by atoms with Crippen LogP contribution in [0.15, 0.2) is 0 Å². The first-order valence-corrected chi connectivity index (χ1v) is 11.7. The van der Waals surface area contributed by atoms with E-state index in [0.717, 1.165) is 19.8 Å². The lowest BCUT2D eigenvalue weighted by Crippen LogP contribution is -2.46. The summed E-state index contributed by atoms with van der Waals surface area (Å²) in [6.45, 7) is 5.36. The predicted octanol–water partition coefficient (Wildman–Crippen LogP) is 0.968. The van der Waals surface area contributed by atoms with Crippen LogP contribution in [0.1, 0.15) is 6.42 Å². The Morgan fingerprint density at radius 1 is 1.62 bits per heavy atom. The number of hydrogen-bond acceptors (Lipinski definition) is 2. The van der Waals surface area contributed by atoms with Crippen molar-refractivity contribution in [3.05, 3.63) is 0 Å². The molecule has 2 atom stereocenters. The van der Waals surface area contributed by atoms with Crippen LogP contribution in [-0.2, 0) is 9.47 Å². The Morgan fingerprint density at radius 2 is 2.38 bits per heavy atom. The number of rotatable bonds is 6. The third kappa shape index (κ3) is 3.20. The van der Waals surface area contributed by atoms with E-state index in [1.54, 1.807) is 18.1 Å². The third-order valence-electron chi connectivity index (χ3n) is 3.34. The summed E-state index contributed by atoms with van der Waals surface area (Å²) < 4.78 is 10.6. The van der Waals surface area contributed by atoms with E-state index in [1.807, 2.05) is 0 Å². The minimum absolute atomic E-state index is 0.444. The Hall–Kier alpha value is 0.354. The topological polar surface area (TPSA) is 21.8 Å². The summed E-state index contributed by atoms with van der Waals surface area (Å²) in [7, 11) is -0.0871. The van der Waals surface area contributed by atoms with Crippen molar-refractivity contribution in [1.29, 1.82) is 0 Å². The maximum Gasteiger partial charge on any atom is 0.104 e. The lowest BCUT2D eigenvalue weighted by Gasteiger charge is -2.35. The molecule has 0 N–H and O–H groups in total. The lowest BCUT2D eigenvalue weighted by molar-refractivity contribution is 0.117. The summed E-state index contributed by atoms with van der Waals surface area (Å²) in [6.07, 6.45) is 1.77. The van der Waals surface area contributed by atoms with Crippen LogP contribution in [0.5, 0.6) is 0 Å². The molecule has 2 unspecified atom stereocenters. The van der Waals surface area contributed by atoms with Crippen molar-refractivity contribution < 1.29 is 9.47 Å². The highest BCUT2D eigenvalue weighted by Gasteiger charge is 2.33. The van der Waals surface area contributed by atoms with Gasteiger partial charge in [-0.15, -0.1) is 0 Å². The van der Waals surface area contributed by atoms with Crippen LogP contribution in [0, 0.1) is 0 Å². The summed E-state index contributed by atoms with van der Waals surface area (Å²) in [5, 5.41) is 0. The minimum Gasteiger partial charge on any atom is -0.379 e. The molecular formula is C9H20O2Si2. The van der Waals surface area contributed by atoms with E-state index in [2.05, 4.69) is 6.55 Å². The summed E-state index contributed by atoms with van der Waals surface area (Å²) in [4.78, 5) is 0. The maximum atomic E-state index is 5.53. The first-order valence-electron chi connectivity index (χ1n) is 5.48. The average molecular weight is 216 g/mol. The molecular weight excluding hydrogens is 196 g/mol. The average Bonchev–Trinajstić information content (AvgIpc) is 2.84. The SMILES string of the molecule is C[Si]1(CCCOCC2CO2)CC[SiH2]1. The highest BCUT2D eigenvalue weighted by Crippen LogP contribution is 2.28. The highest BCUT2D eigenvalue weighted by atomic mass is 29.2. The van der Waals surface area contributed by atoms with Crippen LogP contribution in [0.4, 0.5) is 0 Å². The summed E-state index contributed by atoms with van der Waals surface area (Å²) in [5.74, 6) is 0. The fourth-order valence-corrected chi connectivity index (χ4v) is 11.3. The zero-order chi connectivity index (χ0) is 9.15. The highest BCUT2D eigenvalue weighted by molar-refractivity contribution is 7.28. The van der Waals surface area contributed by atoms with E-state index in [0.29, 0.717) is 15.1 Å². The molecule has 2 nitrogen and oxygen atoms in total. The standard InChI is InChI=1S/C9H20O2Si2/c1-13(6-4-12-13)5-2-3-10-7-9-8-11-9/h9H,2-8,12H2,1H3. The molecule has 13 heavy (non-hydrogen) atoms. The molecule has 2 aliphatic rings. The second kappa shape index (κ2) is 4.25. The van der Waals surface area contributed by atoms with Crippen molar-refractivity contribution in [3.8, 4) is 0 Å². The minimum atomic E-state index is -0.531. The lowest BCUT2D eigenvalue weighted by atomic mass is 10.5. The second-order valence-electron chi connectivity index (χ2n) is 4.80. The largest absolute Gasteiger partial charge is 0.379 e. The first-order chi connectivity index (χ1) is 6.29. The van der Waals surface area contributed by atoms with Crippen LogP contribution in [0.2, 0.25) is 24.7 Å². The Bertz CT molecular complexity index is 167. The van der Waals surface area contributed by atoms with E-state index in [4.69, 9.17) is 9.47 Å². The monoisotopic (exact) mass is 216 g/mol. The van der Waals surface area contributed by atoms with Gasteiger partial charge in [0.05, 0.1) is 13.2 Å². The van der Waals surface area contributed by atoms with E-state index in [-0.39, 0.29) is 0 Å². The van der Waals surface area contributed by atoms with Gasteiger partial charge in [-0.25, -0.2) is 0 Å². The van der Waals surface area contributed by atoms with Crippen molar-refractivity contribution in [2.45, 2.75) is 37.2 Å². The quantitative estimate of drug-likeness (QED) is 0.375. The van der Waals surface area contributed by atoms with Crippen LogP contribution < -0.4 is 0 Å². The zero-order valence-corrected chi connectivity index (χ0v) is 11.0. The molecule has 0 saturated carbocycles.